The molecule has 6 heteroatoms. The van der Waals surface area contributed by atoms with Crippen molar-refractivity contribution in [3.8, 4) is 0 Å². The monoisotopic (exact) mass is 314 g/mol. The van der Waals surface area contributed by atoms with Gasteiger partial charge in [-0.25, -0.2) is 0 Å². The first kappa shape index (κ1) is 15.7. The number of carbonyl (C=O) groups excluding carboxylic acids is 1. The third-order valence-electron chi connectivity index (χ3n) is 4.30. The van der Waals surface area contributed by atoms with Gasteiger partial charge in [0, 0.05) is 37.9 Å². The van der Waals surface area contributed by atoms with E-state index in [9.17, 15) is 4.79 Å². The van der Waals surface area contributed by atoms with Gasteiger partial charge in [0.15, 0.2) is 5.82 Å². The van der Waals surface area contributed by atoms with Gasteiger partial charge in [-0.2, -0.15) is 4.98 Å². The molecule has 23 heavy (non-hydrogen) atoms. The molecule has 0 radical (unpaired) electrons. The quantitative estimate of drug-likeness (QED) is 0.907. The summed E-state index contributed by atoms with van der Waals surface area (Å²) < 4.78 is 5.06. The summed E-state index contributed by atoms with van der Waals surface area (Å²) in [5.41, 5.74) is 7.44. The van der Waals surface area contributed by atoms with Crippen molar-refractivity contribution in [2.45, 2.75) is 38.1 Å². The molecule has 1 amide bonds. The maximum Gasteiger partial charge on any atom is 0.226 e. The van der Waals surface area contributed by atoms with Crippen LogP contribution in [0.5, 0.6) is 0 Å². The first-order valence-electron chi connectivity index (χ1n) is 8.01. The largest absolute Gasteiger partial charge is 0.340 e. The minimum Gasteiger partial charge on any atom is -0.340 e. The molecule has 1 aromatic heterocycles. The highest BCUT2D eigenvalue weighted by Gasteiger charge is 2.33. The second kappa shape index (κ2) is 6.91. The Balaban J connectivity index is 1.50. The van der Waals surface area contributed by atoms with E-state index in [1.165, 1.54) is 5.56 Å². The van der Waals surface area contributed by atoms with Crippen molar-refractivity contribution in [1.29, 1.82) is 0 Å². The number of aromatic nitrogens is 2. The lowest BCUT2D eigenvalue weighted by Crippen LogP contribution is -2.32. The van der Waals surface area contributed by atoms with Gasteiger partial charge in [0.05, 0.1) is 0 Å². The zero-order chi connectivity index (χ0) is 16.2. The van der Waals surface area contributed by atoms with E-state index in [1.54, 1.807) is 6.92 Å². The van der Waals surface area contributed by atoms with Crippen LogP contribution in [0.3, 0.4) is 0 Å². The SMILES string of the molecule is Cc1noc(CCCC(=O)N2C[C@@H](N)[C@H](c3ccccc3)C2)n1. The molecule has 0 unspecified atom stereocenters. The molecule has 0 saturated carbocycles. The summed E-state index contributed by atoms with van der Waals surface area (Å²) in [6, 6.07) is 10.2. The summed E-state index contributed by atoms with van der Waals surface area (Å²) in [6.45, 7) is 3.11. The van der Waals surface area contributed by atoms with Crippen LogP contribution >= 0.6 is 0 Å². The van der Waals surface area contributed by atoms with Crippen molar-refractivity contribution in [1.82, 2.24) is 15.0 Å². The molecule has 2 N–H and O–H groups in total. The first-order chi connectivity index (χ1) is 11.1. The summed E-state index contributed by atoms with van der Waals surface area (Å²) in [7, 11) is 0. The summed E-state index contributed by atoms with van der Waals surface area (Å²) >= 11 is 0. The molecule has 2 aromatic rings. The highest BCUT2D eigenvalue weighted by Crippen LogP contribution is 2.26. The minimum atomic E-state index is -0.0000555. The van der Waals surface area contributed by atoms with Gasteiger partial charge in [0.25, 0.3) is 0 Å². The molecule has 1 fully saturated rings. The van der Waals surface area contributed by atoms with Crippen molar-refractivity contribution in [2.75, 3.05) is 13.1 Å². The van der Waals surface area contributed by atoms with Crippen LogP contribution in [0.25, 0.3) is 0 Å². The maximum atomic E-state index is 12.4. The van der Waals surface area contributed by atoms with E-state index in [2.05, 4.69) is 22.3 Å². The zero-order valence-electron chi connectivity index (χ0n) is 13.3. The summed E-state index contributed by atoms with van der Waals surface area (Å²) in [5.74, 6) is 1.59. The molecular formula is C17H22N4O2. The Kier molecular flexibility index (Phi) is 4.71. The van der Waals surface area contributed by atoms with Crippen molar-refractivity contribution in [2.24, 2.45) is 5.73 Å². The lowest BCUT2D eigenvalue weighted by atomic mass is 9.95. The van der Waals surface area contributed by atoms with E-state index in [1.807, 2.05) is 23.1 Å². The van der Waals surface area contributed by atoms with Gasteiger partial charge in [-0.3, -0.25) is 4.79 Å². The number of nitrogens with two attached hydrogens (primary N) is 1. The summed E-state index contributed by atoms with van der Waals surface area (Å²) in [5, 5.41) is 3.75. The number of nitrogens with zero attached hydrogens (tertiary/aromatic N) is 3. The number of hydrogen-bond acceptors (Lipinski definition) is 5. The molecule has 0 bridgehead atoms. The number of carbonyl (C=O) groups is 1. The Hall–Kier alpha value is -2.21. The standard InChI is InChI=1S/C17H22N4O2/c1-12-19-16(23-20-12)8-5-9-17(22)21-10-14(15(18)11-21)13-6-3-2-4-7-13/h2-4,6-7,14-15H,5,8-11,18H2,1H3/t14-,15+/m0/s1. The lowest BCUT2D eigenvalue weighted by molar-refractivity contribution is -0.130. The average molecular weight is 314 g/mol. The first-order valence-corrected chi connectivity index (χ1v) is 8.01. The van der Waals surface area contributed by atoms with Gasteiger partial charge in [0.2, 0.25) is 11.8 Å². The molecule has 1 aliphatic rings. The molecule has 2 atom stereocenters. The third-order valence-corrected chi connectivity index (χ3v) is 4.30. The molecule has 0 aliphatic carbocycles. The Labute approximate surface area is 135 Å². The van der Waals surface area contributed by atoms with Crippen molar-refractivity contribution in [3.63, 3.8) is 0 Å². The number of benzene rings is 1. The van der Waals surface area contributed by atoms with Crippen LogP contribution in [0.2, 0.25) is 0 Å². The molecule has 1 aromatic carbocycles. The summed E-state index contributed by atoms with van der Waals surface area (Å²) in [6.07, 6.45) is 1.83. The highest BCUT2D eigenvalue weighted by molar-refractivity contribution is 5.76. The van der Waals surface area contributed by atoms with Gasteiger partial charge in [-0.05, 0) is 18.9 Å². The molecule has 0 spiro atoms. The Morgan fingerprint density at radius 2 is 2.13 bits per heavy atom. The highest BCUT2D eigenvalue weighted by atomic mass is 16.5. The Morgan fingerprint density at radius 1 is 1.35 bits per heavy atom. The van der Waals surface area contributed by atoms with Crippen molar-refractivity contribution < 1.29 is 9.32 Å². The van der Waals surface area contributed by atoms with E-state index >= 15 is 0 Å². The number of likely N-dealkylation sites (tertiary alicyclic amines) is 1. The average Bonchev–Trinajstić information content (AvgIpc) is 3.14. The minimum absolute atomic E-state index is 0.0000555. The van der Waals surface area contributed by atoms with Crippen molar-refractivity contribution in [3.05, 3.63) is 47.6 Å². The maximum absolute atomic E-state index is 12.4. The molecule has 122 valence electrons. The Bertz CT molecular complexity index is 656. The van der Waals surface area contributed by atoms with Crippen LogP contribution < -0.4 is 5.73 Å². The van der Waals surface area contributed by atoms with E-state index < -0.39 is 0 Å². The molecule has 3 rings (SSSR count). The topological polar surface area (TPSA) is 85.2 Å². The fraction of sp³-hybridized carbons (Fsp3) is 0.471. The van der Waals surface area contributed by atoms with Crippen LogP contribution in [0.4, 0.5) is 0 Å². The van der Waals surface area contributed by atoms with E-state index in [4.69, 9.17) is 10.3 Å². The Morgan fingerprint density at radius 3 is 2.83 bits per heavy atom. The van der Waals surface area contributed by atoms with Gasteiger partial charge >= 0.3 is 0 Å². The second-order valence-corrected chi connectivity index (χ2v) is 6.07. The number of rotatable bonds is 5. The van der Waals surface area contributed by atoms with Crippen LogP contribution in [0, 0.1) is 6.92 Å². The van der Waals surface area contributed by atoms with Gasteiger partial charge < -0.3 is 15.2 Å². The molecule has 1 saturated heterocycles. The zero-order valence-corrected chi connectivity index (χ0v) is 13.3. The predicted octanol–water partition coefficient (Wildman–Crippen LogP) is 1.65. The van der Waals surface area contributed by atoms with E-state index in [0.29, 0.717) is 44.1 Å². The van der Waals surface area contributed by atoms with Gasteiger partial charge in [0.1, 0.15) is 0 Å². The normalized spacial score (nSPS) is 20.9. The predicted molar refractivity (Wildman–Crippen MR) is 85.7 cm³/mol. The van der Waals surface area contributed by atoms with Gasteiger partial charge in [-0.15, -0.1) is 0 Å². The number of hydrogen-bond donors (Lipinski definition) is 1. The van der Waals surface area contributed by atoms with Crippen LogP contribution in [0.1, 0.15) is 36.0 Å². The number of aryl methyl sites for hydroxylation is 2. The lowest BCUT2D eigenvalue weighted by Gasteiger charge is -2.16. The molecular weight excluding hydrogens is 292 g/mol. The molecule has 1 aliphatic heterocycles. The number of amides is 1. The third kappa shape index (κ3) is 3.76. The van der Waals surface area contributed by atoms with Crippen LogP contribution in [-0.4, -0.2) is 40.1 Å². The summed E-state index contributed by atoms with van der Waals surface area (Å²) in [4.78, 5) is 18.4. The van der Waals surface area contributed by atoms with Crippen LogP contribution in [0.15, 0.2) is 34.9 Å². The van der Waals surface area contributed by atoms with E-state index in [0.717, 1.165) is 0 Å². The van der Waals surface area contributed by atoms with Crippen molar-refractivity contribution >= 4 is 5.91 Å². The molecule has 6 nitrogen and oxygen atoms in total. The smallest absolute Gasteiger partial charge is 0.226 e. The van der Waals surface area contributed by atoms with Gasteiger partial charge in [-0.1, -0.05) is 35.5 Å². The van der Waals surface area contributed by atoms with E-state index in [-0.39, 0.29) is 17.9 Å². The fourth-order valence-corrected chi connectivity index (χ4v) is 3.08. The fourth-order valence-electron chi connectivity index (χ4n) is 3.08. The van der Waals surface area contributed by atoms with Crippen LogP contribution in [-0.2, 0) is 11.2 Å². The second-order valence-electron chi connectivity index (χ2n) is 6.07. The molecule has 2 heterocycles.